The first-order chi connectivity index (χ1) is 12.1. The van der Waals surface area contributed by atoms with Crippen molar-refractivity contribution in [3.8, 4) is 0 Å². The van der Waals surface area contributed by atoms with E-state index in [9.17, 15) is 5.11 Å². The summed E-state index contributed by atoms with van der Waals surface area (Å²) in [5.74, 6) is 3.08. The minimum Gasteiger partial charge on any atom is -0.368 e. The number of hydrogen-bond donors (Lipinski definition) is 1. The summed E-state index contributed by atoms with van der Waals surface area (Å²) in [5, 5.41) is 10.4. The first-order valence-electron chi connectivity index (χ1n) is 10.8. The molecule has 142 valence electrons. The fourth-order valence-corrected chi connectivity index (χ4v) is 6.61. The number of allylic oxidation sites excluding steroid dienone is 1. The monoisotopic (exact) mass is 347 g/mol. The molecule has 4 aliphatic rings. The Balaban J connectivity index is 1.56. The van der Waals surface area contributed by atoms with E-state index in [4.69, 9.17) is 4.74 Å². The van der Waals surface area contributed by atoms with Crippen molar-refractivity contribution >= 4 is 0 Å². The second-order valence-electron chi connectivity index (χ2n) is 9.39. The highest BCUT2D eigenvalue weighted by molar-refractivity contribution is 5.09. The highest BCUT2D eigenvalue weighted by Crippen LogP contribution is 2.54. The predicted octanol–water partition coefficient (Wildman–Crippen LogP) is 4.21. The van der Waals surface area contributed by atoms with Gasteiger partial charge in [0.1, 0.15) is 0 Å². The fourth-order valence-electron chi connectivity index (χ4n) is 6.61. The molecule has 1 N–H and O–H groups in total. The molecule has 3 heteroatoms. The average molecular weight is 348 g/mol. The van der Waals surface area contributed by atoms with Gasteiger partial charge in [0, 0.05) is 18.0 Å². The third-order valence-corrected chi connectivity index (χ3v) is 8.13. The molecule has 0 aromatic heterocycles. The summed E-state index contributed by atoms with van der Waals surface area (Å²) in [6.45, 7) is 4.55. The zero-order chi connectivity index (χ0) is 17.6. The second kappa shape index (κ2) is 7.32. The average Bonchev–Trinajstić information content (AvgIpc) is 2.89. The third-order valence-electron chi connectivity index (χ3n) is 8.13. The first kappa shape index (κ1) is 18.0. The molecule has 0 aromatic rings. The lowest BCUT2D eigenvalue weighted by Gasteiger charge is -2.47. The van der Waals surface area contributed by atoms with Crippen molar-refractivity contribution in [3.05, 3.63) is 12.2 Å². The zero-order valence-electron chi connectivity index (χ0n) is 16.3. The van der Waals surface area contributed by atoms with Crippen molar-refractivity contribution in [1.82, 2.24) is 4.90 Å². The summed E-state index contributed by atoms with van der Waals surface area (Å²) in [4.78, 5) is 2.56. The Kier molecular flexibility index (Phi) is 5.28. The fraction of sp³-hybridized carbons (Fsp3) is 0.909. The number of ether oxygens (including phenoxy) is 1. The molecule has 0 spiro atoms. The Labute approximate surface area is 153 Å². The van der Waals surface area contributed by atoms with Crippen molar-refractivity contribution in [3.63, 3.8) is 0 Å². The molecular weight excluding hydrogens is 310 g/mol. The SMILES string of the molecule is C[C@@H]1O[C@H](O)[C@H]2C[C@H]3CCCC[C@@H]3[C@@H](/C=C/[C@H]3CCC[C@H](C)N3C)[C@H]21. The topological polar surface area (TPSA) is 32.7 Å². The number of aliphatic hydroxyl groups excluding tert-OH is 1. The molecule has 0 bridgehead atoms. The molecule has 0 radical (unpaired) electrons. The van der Waals surface area contributed by atoms with E-state index in [1.54, 1.807) is 0 Å². The predicted molar refractivity (Wildman–Crippen MR) is 101 cm³/mol. The highest BCUT2D eigenvalue weighted by Gasteiger charge is 2.52. The maximum Gasteiger partial charge on any atom is 0.158 e. The van der Waals surface area contributed by atoms with E-state index in [1.165, 1.54) is 51.4 Å². The molecule has 3 nitrogen and oxygen atoms in total. The van der Waals surface area contributed by atoms with Crippen LogP contribution in [-0.4, -0.2) is 41.5 Å². The quantitative estimate of drug-likeness (QED) is 0.760. The van der Waals surface area contributed by atoms with E-state index in [-0.39, 0.29) is 6.10 Å². The van der Waals surface area contributed by atoms with Gasteiger partial charge >= 0.3 is 0 Å². The molecule has 25 heavy (non-hydrogen) atoms. The molecule has 2 aliphatic carbocycles. The molecule has 2 saturated carbocycles. The van der Waals surface area contributed by atoms with Crippen LogP contribution in [0.25, 0.3) is 0 Å². The molecule has 2 aliphatic heterocycles. The van der Waals surface area contributed by atoms with Crippen LogP contribution in [-0.2, 0) is 4.74 Å². The van der Waals surface area contributed by atoms with Crippen LogP contribution in [0.1, 0.15) is 65.2 Å². The molecule has 9 atom stereocenters. The standard InChI is InChI=1S/C22H37NO2/c1-14-7-6-9-17(23(14)3)11-12-19-18-10-5-4-8-16(18)13-20-21(19)15(2)25-22(20)24/h11-12,14-22,24H,4-10,13H2,1-3H3/b12-11+/t14-,15-,16+,17+,18-,19+,20-,21+,22-/m0/s1. The number of likely N-dealkylation sites (N-methyl/N-ethyl adjacent to an activating group) is 1. The van der Waals surface area contributed by atoms with Crippen molar-refractivity contribution < 1.29 is 9.84 Å². The van der Waals surface area contributed by atoms with Gasteiger partial charge in [0.2, 0.25) is 0 Å². The maximum atomic E-state index is 10.4. The Morgan fingerprint density at radius 3 is 2.60 bits per heavy atom. The molecule has 0 unspecified atom stereocenters. The van der Waals surface area contributed by atoms with Crippen molar-refractivity contribution in [2.45, 2.75) is 89.7 Å². The van der Waals surface area contributed by atoms with Gasteiger partial charge in [-0.1, -0.05) is 37.8 Å². The van der Waals surface area contributed by atoms with Gasteiger partial charge in [-0.3, -0.25) is 4.90 Å². The van der Waals surface area contributed by atoms with Gasteiger partial charge in [-0.15, -0.1) is 0 Å². The van der Waals surface area contributed by atoms with E-state index < -0.39 is 6.29 Å². The van der Waals surface area contributed by atoms with Crippen LogP contribution in [0, 0.1) is 29.6 Å². The van der Waals surface area contributed by atoms with E-state index in [0.29, 0.717) is 29.8 Å². The maximum absolute atomic E-state index is 10.4. The summed E-state index contributed by atoms with van der Waals surface area (Å²) < 4.78 is 5.89. The molecule has 4 fully saturated rings. The van der Waals surface area contributed by atoms with Gasteiger partial charge in [-0.25, -0.2) is 0 Å². The lowest BCUT2D eigenvalue weighted by atomic mass is 9.57. The zero-order valence-corrected chi connectivity index (χ0v) is 16.3. The summed E-state index contributed by atoms with van der Waals surface area (Å²) in [7, 11) is 2.29. The Hall–Kier alpha value is -0.380. The van der Waals surface area contributed by atoms with Gasteiger partial charge in [0.15, 0.2) is 6.29 Å². The van der Waals surface area contributed by atoms with Crippen LogP contribution in [0.3, 0.4) is 0 Å². The molecule has 2 heterocycles. The number of piperidine rings is 1. The third kappa shape index (κ3) is 3.33. The van der Waals surface area contributed by atoms with E-state index >= 15 is 0 Å². The molecule has 0 amide bonds. The molecule has 0 aromatic carbocycles. The Morgan fingerprint density at radius 1 is 0.960 bits per heavy atom. The van der Waals surface area contributed by atoms with Crippen LogP contribution >= 0.6 is 0 Å². The van der Waals surface area contributed by atoms with Crippen molar-refractivity contribution in [1.29, 1.82) is 0 Å². The van der Waals surface area contributed by atoms with Gasteiger partial charge in [-0.2, -0.15) is 0 Å². The normalized spacial score (nSPS) is 51.4. The number of likely N-dealkylation sites (tertiary alicyclic amines) is 1. The lowest BCUT2D eigenvalue weighted by molar-refractivity contribution is -0.108. The summed E-state index contributed by atoms with van der Waals surface area (Å²) >= 11 is 0. The number of nitrogens with zero attached hydrogens (tertiary/aromatic N) is 1. The smallest absolute Gasteiger partial charge is 0.158 e. The van der Waals surface area contributed by atoms with Crippen LogP contribution in [0.4, 0.5) is 0 Å². The van der Waals surface area contributed by atoms with Crippen LogP contribution in [0.15, 0.2) is 12.2 Å². The second-order valence-corrected chi connectivity index (χ2v) is 9.39. The van der Waals surface area contributed by atoms with Crippen LogP contribution in [0.5, 0.6) is 0 Å². The van der Waals surface area contributed by atoms with Crippen molar-refractivity contribution in [2.75, 3.05) is 7.05 Å². The summed E-state index contributed by atoms with van der Waals surface area (Å²) in [6.07, 6.45) is 15.4. The van der Waals surface area contributed by atoms with Gasteiger partial charge < -0.3 is 9.84 Å². The minimum absolute atomic E-state index is 0.195. The molecular formula is C22H37NO2. The van der Waals surface area contributed by atoms with Crippen LogP contribution in [0.2, 0.25) is 0 Å². The summed E-state index contributed by atoms with van der Waals surface area (Å²) in [6, 6.07) is 1.29. The van der Waals surface area contributed by atoms with E-state index in [2.05, 4.69) is 37.9 Å². The Morgan fingerprint density at radius 2 is 1.76 bits per heavy atom. The molecule has 2 saturated heterocycles. The van der Waals surface area contributed by atoms with Gasteiger partial charge in [0.25, 0.3) is 0 Å². The van der Waals surface area contributed by atoms with Gasteiger partial charge in [-0.05, 0) is 70.3 Å². The Bertz CT molecular complexity index is 492. The highest BCUT2D eigenvalue weighted by atomic mass is 16.6. The van der Waals surface area contributed by atoms with E-state index in [1.807, 2.05) is 0 Å². The number of hydrogen-bond acceptors (Lipinski definition) is 3. The number of rotatable bonds is 2. The van der Waals surface area contributed by atoms with Crippen molar-refractivity contribution in [2.24, 2.45) is 29.6 Å². The van der Waals surface area contributed by atoms with E-state index in [0.717, 1.165) is 11.8 Å². The minimum atomic E-state index is -0.531. The lowest BCUT2D eigenvalue weighted by Crippen LogP contribution is -2.44. The van der Waals surface area contributed by atoms with Crippen LogP contribution < -0.4 is 0 Å². The number of fused-ring (bicyclic) bond motifs is 2. The number of aliphatic hydroxyl groups is 1. The first-order valence-corrected chi connectivity index (χ1v) is 10.8. The largest absolute Gasteiger partial charge is 0.368 e. The summed E-state index contributed by atoms with van der Waals surface area (Å²) in [5.41, 5.74) is 0. The molecule has 4 rings (SSSR count). The van der Waals surface area contributed by atoms with Gasteiger partial charge in [0.05, 0.1) is 6.10 Å².